The Kier molecular flexibility index (Phi) is 6.54. The number of allylic oxidation sites excluding steroid dienone is 1. The van der Waals surface area contributed by atoms with Gasteiger partial charge in [-0.1, -0.05) is 41.5 Å². The van der Waals surface area contributed by atoms with Gasteiger partial charge >= 0.3 is 5.97 Å². The molecule has 0 saturated heterocycles. The summed E-state index contributed by atoms with van der Waals surface area (Å²) in [5, 5.41) is 20.7. The van der Waals surface area contributed by atoms with Crippen molar-refractivity contribution < 1.29 is 34.2 Å². The second kappa shape index (κ2) is 8.69. The predicted molar refractivity (Wildman–Crippen MR) is 136 cm³/mol. The minimum atomic E-state index is -1.04. The van der Waals surface area contributed by atoms with Gasteiger partial charge in [0.1, 0.15) is 17.3 Å². The molecule has 0 aromatic rings. The Labute approximate surface area is 219 Å². The minimum absolute atomic E-state index is 0.00884. The first kappa shape index (κ1) is 27.9. The second-order valence-electron chi connectivity index (χ2n) is 13.7. The van der Waals surface area contributed by atoms with Crippen molar-refractivity contribution in [1.29, 1.82) is 0 Å². The molecule has 0 radical (unpaired) electrons. The Bertz CT molecular complexity index is 1110. The lowest BCUT2D eigenvalue weighted by molar-refractivity contribution is -0.147. The number of ketones is 4. The van der Waals surface area contributed by atoms with Crippen LogP contribution in [0.2, 0.25) is 0 Å². The molecule has 0 heterocycles. The number of fused-ring (bicyclic) bond motifs is 4. The molecule has 4 rings (SSSR count). The Morgan fingerprint density at radius 3 is 2.22 bits per heavy atom. The minimum Gasteiger partial charge on any atom is -0.481 e. The number of hydrogen-bond acceptors (Lipinski definition) is 6. The highest BCUT2D eigenvalue weighted by atomic mass is 16.4. The fraction of sp³-hybridized carbons (Fsp3) is 0.767. The fourth-order valence-electron chi connectivity index (χ4n) is 8.93. The van der Waals surface area contributed by atoms with Crippen LogP contribution in [0.3, 0.4) is 0 Å². The molecule has 0 unspecified atom stereocenters. The molecule has 0 bridgehead atoms. The predicted octanol–water partition coefficient (Wildman–Crippen LogP) is 4.34. The zero-order valence-corrected chi connectivity index (χ0v) is 23.3. The number of carboxylic acid groups (broad SMARTS) is 1. The van der Waals surface area contributed by atoms with Crippen LogP contribution >= 0.6 is 0 Å². The highest BCUT2D eigenvalue weighted by molar-refractivity contribution is 6.05. The zero-order chi connectivity index (χ0) is 27.9. The van der Waals surface area contributed by atoms with E-state index in [1.807, 2.05) is 41.5 Å². The van der Waals surface area contributed by atoms with E-state index in [9.17, 15) is 34.2 Å². The van der Waals surface area contributed by atoms with Gasteiger partial charge in [0.2, 0.25) is 0 Å². The van der Waals surface area contributed by atoms with Gasteiger partial charge < -0.3 is 10.2 Å². The number of carbonyl (C=O) groups excluding carboxylic acids is 4. The van der Waals surface area contributed by atoms with Gasteiger partial charge in [0.25, 0.3) is 0 Å². The molecular weight excluding hydrogens is 472 g/mol. The molecule has 2 N–H and O–H groups in total. The molecule has 4 aliphatic rings. The summed E-state index contributed by atoms with van der Waals surface area (Å²) in [6, 6.07) is 0. The summed E-state index contributed by atoms with van der Waals surface area (Å²) in [6.45, 7) is 13.1. The molecule has 7 nitrogen and oxygen atoms in total. The first-order valence-corrected chi connectivity index (χ1v) is 13.7. The molecule has 7 heteroatoms. The molecule has 8 atom stereocenters. The van der Waals surface area contributed by atoms with Gasteiger partial charge in [0.05, 0.1) is 17.4 Å². The molecule has 0 aromatic heterocycles. The van der Waals surface area contributed by atoms with Crippen LogP contribution in [0, 0.1) is 45.3 Å². The largest absolute Gasteiger partial charge is 0.481 e. The summed E-state index contributed by atoms with van der Waals surface area (Å²) in [4.78, 5) is 64.6. The van der Waals surface area contributed by atoms with Crippen LogP contribution in [-0.2, 0) is 24.0 Å². The van der Waals surface area contributed by atoms with Gasteiger partial charge in [0, 0.05) is 48.5 Å². The van der Waals surface area contributed by atoms with Gasteiger partial charge in [-0.25, -0.2) is 0 Å². The van der Waals surface area contributed by atoms with Gasteiger partial charge in [-0.05, 0) is 48.5 Å². The fourth-order valence-corrected chi connectivity index (χ4v) is 8.93. The van der Waals surface area contributed by atoms with Crippen LogP contribution in [0.5, 0.6) is 0 Å². The average molecular weight is 515 g/mol. The molecule has 2 fully saturated rings. The second-order valence-corrected chi connectivity index (χ2v) is 13.7. The zero-order valence-electron chi connectivity index (χ0n) is 23.3. The third-order valence-corrected chi connectivity index (χ3v) is 11.3. The SMILES string of the molecule is C[C@H](CC(=O)C[C@H](C)C(=O)O)[C@H]1CC(=O)[C@@]2(C)C3=C(C(=O)C[C@]12C)[C@@]1(C)CCC(=O)C(C)(C)[C@H]1C[C@@H]3O. The average Bonchev–Trinajstić information content (AvgIpc) is 2.99. The van der Waals surface area contributed by atoms with Crippen LogP contribution in [0.15, 0.2) is 11.1 Å². The van der Waals surface area contributed by atoms with Gasteiger partial charge in [0.15, 0.2) is 5.78 Å². The van der Waals surface area contributed by atoms with E-state index in [1.165, 1.54) is 6.92 Å². The number of hydrogen-bond donors (Lipinski definition) is 2. The summed E-state index contributed by atoms with van der Waals surface area (Å²) in [6.07, 6.45) is 0.736. The number of carboxylic acids is 1. The molecule has 0 amide bonds. The molecule has 37 heavy (non-hydrogen) atoms. The topological polar surface area (TPSA) is 126 Å². The molecule has 204 valence electrons. The molecule has 2 saturated carbocycles. The van der Waals surface area contributed by atoms with E-state index < -0.39 is 39.7 Å². The van der Waals surface area contributed by atoms with Crippen molar-refractivity contribution in [3.05, 3.63) is 11.1 Å². The Balaban J connectivity index is 1.75. The number of aliphatic hydroxyl groups excluding tert-OH is 1. The maximum absolute atomic E-state index is 14.0. The van der Waals surface area contributed by atoms with Crippen molar-refractivity contribution in [2.45, 2.75) is 99.5 Å². The van der Waals surface area contributed by atoms with Crippen molar-refractivity contribution in [1.82, 2.24) is 0 Å². The van der Waals surface area contributed by atoms with Crippen LogP contribution in [0.4, 0.5) is 0 Å². The summed E-state index contributed by atoms with van der Waals surface area (Å²) in [7, 11) is 0. The van der Waals surface area contributed by atoms with Crippen LogP contribution < -0.4 is 0 Å². The Morgan fingerprint density at radius 1 is 1.00 bits per heavy atom. The summed E-state index contributed by atoms with van der Waals surface area (Å²) < 4.78 is 0. The maximum Gasteiger partial charge on any atom is 0.306 e. The smallest absolute Gasteiger partial charge is 0.306 e. The van der Waals surface area contributed by atoms with Crippen molar-refractivity contribution in [2.75, 3.05) is 0 Å². The van der Waals surface area contributed by atoms with Gasteiger partial charge in [-0.15, -0.1) is 0 Å². The number of aliphatic hydroxyl groups is 1. The van der Waals surface area contributed by atoms with Crippen LogP contribution in [-0.4, -0.2) is 45.4 Å². The number of Topliss-reactive ketones (excluding diaryl/α,β-unsaturated/α-hetero) is 4. The third-order valence-electron chi connectivity index (χ3n) is 11.3. The first-order valence-electron chi connectivity index (χ1n) is 13.7. The maximum atomic E-state index is 14.0. The highest BCUT2D eigenvalue weighted by Gasteiger charge is 2.70. The van der Waals surface area contributed by atoms with E-state index in [2.05, 4.69) is 0 Å². The quantitative estimate of drug-likeness (QED) is 0.540. The van der Waals surface area contributed by atoms with Crippen molar-refractivity contribution in [3.63, 3.8) is 0 Å². The summed E-state index contributed by atoms with van der Waals surface area (Å²) >= 11 is 0. The van der Waals surface area contributed by atoms with E-state index in [-0.39, 0.29) is 66.6 Å². The first-order chi connectivity index (χ1) is 16.9. The van der Waals surface area contributed by atoms with Gasteiger partial charge in [-0.3, -0.25) is 24.0 Å². The lowest BCUT2D eigenvalue weighted by Crippen LogP contribution is -2.60. The Hall–Kier alpha value is -2.15. The van der Waals surface area contributed by atoms with E-state index in [0.29, 0.717) is 30.4 Å². The lowest BCUT2D eigenvalue weighted by Gasteiger charge is -2.60. The van der Waals surface area contributed by atoms with Crippen molar-refractivity contribution in [3.8, 4) is 0 Å². The molecule has 0 aromatic carbocycles. The lowest BCUT2D eigenvalue weighted by atomic mass is 9.42. The molecular formula is C30H42O7. The van der Waals surface area contributed by atoms with E-state index in [1.54, 1.807) is 0 Å². The Morgan fingerprint density at radius 2 is 1.62 bits per heavy atom. The highest BCUT2D eigenvalue weighted by Crippen LogP contribution is 2.70. The van der Waals surface area contributed by atoms with Crippen LogP contribution in [0.1, 0.15) is 93.4 Å². The van der Waals surface area contributed by atoms with E-state index in [0.717, 1.165) is 0 Å². The molecule has 0 aliphatic heterocycles. The molecule has 4 aliphatic carbocycles. The monoisotopic (exact) mass is 514 g/mol. The summed E-state index contributed by atoms with van der Waals surface area (Å²) in [5.41, 5.74) is -1.92. The van der Waals surface area contributed by atoms with E-state index in [4.69, 9.17) is 0 Å². The summed E-state index contributed by atoms with van der Waals surface area (Å²) in [5.74, 6) is -2.49. The third kappa shape index (κ3) is 3.74. The van der Waals surface area contributed by atoms with Crippen molar-refractivity contribution >= 4 is 29.1 Å². The normalized spacial score (nSPS) is 40.5. The number of carbonyl (C=O) groups is 5. The van der Waals surface area contributed by atoms with E-state index >= 15 is 0 Å². The van der Waals surface area contributed by atoms with Crippen molar-refractivity contribution in [2.24, 2.45) is 45.3 Å². The molecule has 0 spiro atoms. The number of rotatable bonds is 6. The standard InChI is InChI=1S/C30H42O7/c1-15(10-17(31)11-16(2)26(36)37)18-12-23(35)30(7)25-19(32)13-21-27(3,4)22(34)8-9-28(21,5)24(25)20(33)14-29(18,30)6/h15-16,18-19,21,32H,8-14H2,1-7H3,(H,36,37)/t15-,16+,18-,19+,21-,28+,29-,30+/m1/s1. The number of aliphatic carboxylic acids is 1. The van der Waals surface area contributed by atoms with Crippen LogP contribution in [0.25, 0.3) is 0 Å². The van der Waals surface area contributed by atoms with Gasteiger partial charge in [-0.2, -0.15) is 0 Å².